The van der Waals surface area contributed by atoms with Gasteiger partial charge in [-0.25, -0.2) is 9.67 Å². The van der Waals surface area contributed by atoms with Gasteiger partial charge in [-0.05, 0) is 6.42 Å². The summed E-state index contributed by atoms with van der Waals surface area (Å²) in [7, 11) is 1.79. The van der Waals surface area contributed by atoms with Crippen molar-refractivity contribution in [3.8, 4) is 0 Å². The molecule has 3 heterocycles. The first-order valence-electron chi connectivity index (χ1n) is 5.89. The van der Waals surface area contributed by atoms with Gasteiger partial charge in [0.25, 0.3) is 0 Å². The number of aliphatic hydroxyl groups is 1. The molecule has 0 spiro atoms. The summed E-state index contributed by atoms with van der Waals surface area (Å²) in [6.07, 6.45) is 2.57. The molecule has 2 aromatic rings. The molecular weight excluding hydrogens is 250 g/mol. The fourth-order valence-electron chi connectivity index (χ4n) is 2.20. The van der Waals surface area contributed by atoms with E-state index >= 15 is 0 Å². The van der Waals surface area contributed by atoms with Crippen molar-refractivity contribution in [3.63, 3.8) is 0 Å². The normalized spacial score (nSPS) is 17.8. The molecule has 0 unspecified atom stereocenters. The number of hydrogen-bond donors (Lipinski definition) is 1. The SMILES string of the molecule is CCc1csc(N2CC(O)(c3cnnn3C)C2)n1. The van der Waals surface area contributed by atoms with E-state index in [9.17, 15) is 5.11 Å². The van der Waals surface area contributed by atoms with Crippen LogP contribution in [0.5, 0.6) is 0 Å². The zero-order chi connectivity index (χ0) is 12.8. The Kier molecular flexibility index (Phi) is 2.60. The minimum absolute atomic E-state index is 0.547. The Balaban J connectivity index is 1.74. The van der Waals surface area contributed by atoms with E-state index in [2.05, 4.69) is 32.5 Å². The standard InChI is InChI=1S/C11H15N5OS/c1-3-8-5-18-10(13-8)16-6-11(17,7-16)9-4-12-14-15(9)2/h4-5,17H,3,6-7H2,1-2H3. The van der Waals surface area contributed by atoms with Crippen LogP contribution in [-0.2, 0) is 19.1 Å². The fraction of sp³-hybridized carbons (Fsp3) is 0.545. The number of thiazole rings is 1. The summed E-state index contributed by atoms with van der Waals surface area (Å²) in [5, 5.41) is 21.2. The second kappa shape index (κ2) is 4.03. The van der Waals surface area contributed by atoms with Gasteiger partial charge < -0.3 is 10.0 Å². The average Bonchev–Trinajstić information content (AvgIpc) is 2.93. The highest BCUT2D eigenvalue weighted by Crippen LogP contribution is 2.36. The second-order valence-corrected chi connectivity index (χ2v) is 5.44. The van der Waals surface area contributed by atoms with Crippen molar-refractivity contribution in [1.29, 1.82) is 0 Å². The van der Waals surface area contributed by atoms with E-state index < -0.39 is 5.60 Å². The molecule has 0 saturated carbocycles. The fourth-order valence-corrected chi connectivity index (χ4v) is 3.11. The maximum atomic E-state index is 10.5. The summed E-state index contributed by atoms with van der Waals surface area (Å²) in [5.41, 5.74) is 1.01. The lowest BCUT2D eigenvalue weighted by molar-refractivity contribution is -0.0000606. The lowest BCUT2D eigenvalue weighted by Crippen LogP contribution is -2.60. The molecule has 0 aliphatic carbocycles. The molecule has 0 aromatic carbocycles. The molecule has 7 heteroatoms. The highest BCUT2D eigenvalue weighted by molar-refractivity contribution is 7.13. The third kappa shape index (κ3) is 1.70. The number of hydrogen-bond acceptors (Lipinski definition) is 6. The van der Waals surface area contributed by atoms with Crippen molar-refractivity contribution in [3.05, 3.63) is 23.0 Å². The first kappa shape index (κ1) is 11.6. The second-order valence-electron chi connectivity index (χ2n) is 4.61. The first-order chi connectivity index (χ1) is 8.62. The van der Waals surface area contributed by atoms with Gasteiger partial charge in [0.05, 0.1) is 30.7 Å². The van der Waals surface area contributed by atoms with Gasteiger partial charge in [0.2, 0.25) is 0 Å². The quantitative estimate of drug-likeness (QED) is 0.877. The molecule has 96 valence electrons. The third-order valence-corrected chi connectivity index (χ3v) is 4.22. The number of β-amino-alcohol motifs (C(OH)–C–C–N with tert-alkyl or cyclic N) is 1. The van der Waals surface area contributed by atoms with Gasteiger partial charge in [0.1, 0.15) is 5.60 Å². The Morgan fingerprint density at radius 2 is 2.28 bits per heavy atom. The van der Waals surface area contributed by atoms with E-state index in [0.29, 0.717) is 13.1 Å². The van der Waals surface area contributed by atoms with Gasteiger partial charge in [-0.3, -0.25) is 0 Å². The average molecular weight is 265 g/mol. The van der Waals surface area contributed by atoms with Crippen molar-refractivity contribution in [2.75, 3.05) is 18.0 Å². The van der Waals surface area contributed by atoms with Crippen molar-refractivity contribution in [1.82, 2.24) is 20.0 Å². The predicted molar refractivity (Wildman–Crippen MR) is 68.6 cm³/mol. The Bertz CT molecular complexity index is 557. The molecular formula is C11H15N5OS. The summed E-state index contributed by atoms with van der Waals surface area (Å²) in [6, 6.07) is 0. The van der Waals surface area contributed by atoms with Gasteiger partial charge in [0.15, 0.2) is 5.13 Å². The summed E-state index contributed by atoms with van der Waals surface area (Å²) >= 11 is 1.63. The van der Waals surface area contributed by atoms with Crippen LogP contribution in [-0.4, -0.2) is 38.2 Å². The maximum Gasteiger partial charge on any atom is 0.185 e. The Morgan fingerprint density at radius 3 is 2.83 bits per heavy atom. The zero-order valence-electron chi connectivity index (χ0n) is 10.4. The van der Waals surface area contributed by atoms with Gasteiger partial charge in [-0.1, -0.05) is 12.1 Å². The highest BCUT2D eigenvalue weighted by Gasteiger charge is 2.46. The van der Waals surface area contributed by atoms with Crippen molar-refractivity contribution >= 4 is 16.5 Å². The largest absolute Gasteiger partial charge is 0.380 e. The van der Waals surface area contributed by atoms with Crippen LogP contribution >= 0.6 is 11.3 Å². The van der Waals surface area contributed by atoms with Gasteiger partial charge in [-0.2, -0.15) is 0 Å². The van der Waals surface area contributed by atoms with Crippen LogP contribution in [0.2, 0.25) is 0 Å². The van der Waals surface area contributed by atoms with E-state index in [1.807, 2.05) is 0 Å². The monoisotopic (exact) mass is 265 g/mol. The molecule has 18 heavy (non-hydrogen) atoms. The molecule has 0 amide bonds. The van der Waals surface area contributed by atoms with Crippen LogP contribution in [0.1, 0.15) is 18.3 Å². The Hall–Kier alpha value is -1.47. The topological polar surface area (TPSA) is 67.1 Å². The van der Waals surface area contributed by atoms with E-state index in [1.165, 1.54) is 0 Å². The lowest BCUT2D eigenvalue weighted by atomic mass is 9.91. The van der Waals surface area contributed by atoms with Gasteiger partial charge in [0, 0.05) is 12.4 Å². The molecule has 1 saturated heterocycles. The van der Waals surface area contributed by atoms with Crippen LogP contribution in [0.4, 0.5) is 5.13 Å². The van der Waals surface area contributed by atoms with Gasteiger partial charge in [-0.15, -0.1) is 16.4 Å². The Morgan fingerprint density at radius 1 is 1.50 bits per heavy atom. The summed E-state index contributed by atoms with van der Waals surface area (Å²) in [5.74, 6) is 0. The molecule has 3 rings (SSSR count). The van der Waals surface area contributed by atoms with Crippen LogP contribution in [0.25, 0.3) is 0 Å². The van der Waals surface area contributed by atoms with Crippen molar-refractivity contribution < 1.29 is 5.11 Å². The summed E-state index contributed by atoms with van der Waals surface area (Å²) in [6.45, 7) is 3.18. The Labute approximate surface area is 109 Å². The van der Waals surface area contributed by atoms with Crippen molar-refractivity contribution in [2.45, 2.75) is 18.9 Å². The number of rotatable bonds is 3. The number of aromatic nitrogens is 4. The number of anilines is 1. The predicted octanol–water partition coefficient (Wildman–Crippen LogP) is 0.542. The van der Waals surface area contributed by atoms with Crippen LogP contribution in [0.15, 0.2) is 11.6 Å². The van der Waals surface area contributed by atoms with E-state index in [4.69, 9.17) is 0 Å². The molecule has 6 nitrogen and oxygen atoms in total. The first-order valence-corrected chi connectivity index (χ1v) is 6.77. The minimum atomic E-state index is -0.851. The molecule has 0 radical (unpaired) electrons. The molecule has 1 fully saturated rings. The zero-order valence-corrected chi connectivity index (χ0v) is 11.2. The van der Waals surface area contributed by atoms with Crippen molar-refractivity contribution in [2.24, 2.45) is 7.05 Å². The minimum Gasteiger partial charge on any atom is -0.380 e. The maximum absolute atomic E-state index is 10.5. The van der Waals surface area contributed by atoms with Gasteiger partial charge >= 0.3 is 0 Å². The molecule has 1 aliphatic heterocycles. The lowest BCUT2D eigenvalue weighted by Gasteiger charge is -2.45. The third-order valence-electron chi connectivity index (χ3n) is 3.27. The molecule has 1 aliphatic rings. The van der Waals surface area contributed by atoms with E-state index in [-0.39, 0.29) is 0 Å². The molecule has 0 atom stereocenters. The molecule has 0 bridgehead atoms. The summed E-state index contributed by atoms with van der Waals surface area (Å²) in [4.78, 5) is 6.60. The highest BCUT2D eigenvalue weighted by atomic mass is 32.1. The molecule has 1 N–H and O–H groups in total. The summed E-state index contributed by atoms with van der Waals surface area (Å²) < 4.78 is 1.62. The van der Waals surface area contributed by atoms with E-state index in [1.54, 1.807) is 29.3 Å². The van der Waals surface area contributed by atoms with E-state index in [0.717, 1.165) is 22.9 Å². The molecule has 2 aromatic heterocycles. The number of aryl methyl sites for hydroxylation is 2. The number of nitrogens with zero attached hydrogens (tertiary/aromatic N) is 5. The van der Waals surface area contributed by atoms with Crippen LogP contribution in [0.3, 0.4) is 0 Å². The van der Waals surface area contributed by atoms with Crippen LogP contribution in [0, 0.1) is 0 Å². The smallest absolute Gasteiger partial charge is 0.185 e. The van der Waals surface area contributed by atoms with Crippen LogP contribution < -0.4 is 4.90 Å².